The van der Waals surface area contributed by atoms with Crippen molar-refractivity contribution < 1.29 is 23.1 Å². The van der Waals surface area contributed by atoms with Crippen molar-refractivity contribution in [1.82, 2.24) is 10.2 Å². The minimum atomic E-state index is -2.90. The van der Waals surface area contributed by atoms with E-state index in [0.717, 1.165) is 25.7 Å². The normalized spacial score (nSPS) is 24.7. The molecule has 7 heteroatoms. The third-order valence-electron chi connectivity index (χ3n) is 5.10. The first-order valence-electron chi connectivity index (χ1n) is 8.59. The van der Waals surface area contributed by atoms with Crippen molar-refractivity contribution in [2.75, 3.05) is 6.54 Å². The molecular formula is C18H22F2N2O3. The molecule has 1 aromatic rings. The molecule has 1 saturated carbocycles. The maximum atomic E-state index is 12.9. The topological polar surface area (TPSA) is 58.6 Å². The lowest BCUT2D eigenvalue weighted by atomic mass is 9.88. The van der Waals surface area contributed by atoms with Crippen LogP contribution in [0, 0.1) is 5.92 Å². The van der Waals surface area contributed by atoms with Crippen LogP contribution in [0.5, 0.6) is 5.75 Å². The molecule has 0 unspecified atom stereocenters. The molecule has 3 amide bonds. The minimum Gasteiger partial charge on any atom is -0.435 e. The van der Waals surface area contributed by atoms with Gasteiger partial charge in [0.25, 0.3) is 5.91 Å². The highest BCUT2D eigenvalue weighted by Gasteiger charge is 2.49. The molecule has 3 rings (SSSR count). The molecule has 136 valence electrons. The van der Waals surface area contributed by atoms with Gasteiger partial charge in [0.2, 0.25) is 0 Å². The van der Waals surface area contributed by atoms with Gasteiger partial charge in [0, 0.05) is 6.54 Å². The van der Waals surface area contributed by atoms with Gasteiger partial charge in [-0.05, 0) is 43.4 Å². The molecule has 1 heterocycles. The first kappa shape index (κ1) is 17.6. The average molecular weight is 352 g/mol. The highest BCUT2D eigenvalue weighted by molar-refractivity contribution is 6.07. The Bertz CT molecular complexity index is 644. The number of hydrogen-bond acceptors (Lipinski definition) is 3. The molecule has 1 aromatic carbocycles. The van der Waals surface area contributed by atoms with Crippen LogP contribution >= 0.6 is 0 Å². The van der Waals surface area contributed by atoms with E-state index >= 15 is 0 Å². The van der Waals surface area contributed by atoms with Crippen LogP contribution in [0.3, 0.4) is 0 Å². The number of urea groups is 1. The van der Waals surface area contributed by atoms with E-state index < -0.39 is 18.2 Å². The van der Waals surface area contributed by atoms with E-state index in [4.69, 9.17) is 0 Å². The van der Waals surface area contributed by atoms with Gasteiger partial charge in [0.05, 0.1) is 0 Å². The molecule has 0 spiro atoms. The summed E-state index contributed by atoms with van der Waals surface area (Å²) in [5.74, 6) is 0.0661. The molecule has 2 aliphatic rings. The molecule has 2 fully saturated rings. The quantitative estimate of drug-likeness (QED) is 0.823. The average Bonchev–Trinajstić information content (AvgIpc) is 2.80. The first-order chi connectivity index (χ1) is 11.9. The van der Waals surface area contributed by atoms with Gasteiger partial charge in [0.15, 0.2) is 0 Å². The monoisotopic (exact) mass is 352 g/mol. The molecule has 0 aromatic heterocycles. The van der Waals surface area contributed by atoms with E-state index in [2.05, 4.69) is 10.1 Å². The molecule has 1 aliphatic carbocycles. The van der Waals surface area contributed by atoms with Crippen LogP contribution in [-0.4, -0.2) is 30.0 Å². The number of rotatable bonds is 5. The summed E-state index contributed by atoms with van der Waals surface area (Å²) in [4.78, 5) is 26.5. The maximum Gasteiger partial charge on any atom is 0.387 e. The van der Waals surface area contributed by atoms with Crippen LogP contribution in [-0.2, 0) is 10.3 Å². The molecule has 1 saturated heterocycles. The Labute approximate surface area is 145 Å². The SMILES string of the molecule is C[C@@]1(c2ccc(OC(F)F)cc2)NC(=O)N(CC2CCCCC2)C1=O. The molecule has 0 radical (unpaired) electrons. The second-order valence-corrected chi connectivity index (χ2v) is 6.88. The van der Waals surface area contributed by atoms with Crippen molar-refractivity contribution in [2.24, 2.45) is 5.92 Å². The van der Waals surface area contributed by atoms with Crippen LogP contribution in [0.2, 0.25) is 0 Å². The molecule has 0 bridgehead atoms. The van der Waals surface area contributed by atoms with E-state index in [1.807, 2.05) is 0 Å². The summed E-state index contributed by atoms with van der Waals surface area (Å²) in [5.41, 5.74) is -0.645. The fraction of sp³-hybridized carbons (Fsp3) is 0.556. The number of amides is 3. The number of ether oxygens (including phenoxy) is 1. The predicted octanol–water partition coefficient (Wildman–Crippen LogP) is 3.64. The van der Waals surface area contributed by atoms with Gasteiger partial charge < -0.3 is 10.1 Å². The Morgan fingerprint density at radius 2 is 1.84 bits per heavy atom. The van der Waals surface area contributed by atoms with E-state index in [9.17, 15) is 18.4 Å². The summed E-state index contributed by atoms with van der Waals surface area (Å²) in [6, 6.07) is 5.40. The lowest BCUT2D eigenvalue weighted by Crippen LogP contribution is -2.41. The number of hydrogen-bond donors (Lipinski definition) is 1. The van der Waals surface area contributed by atoms with Crippen LogP contribution in [0.1, 0.15) is 44.6 Å². The van der Waals surface area contributed by atoms with Crippen LogP contribution < -0.4 is 10.1 Å². The highest BCUT2D eigenvalue weighted by atomic mass is 19.3. The van der Waals surface area contributed by atoms with E-state index in [1.165, 1.54) is 35.6 Å². The van der Waals surface area contributed by atoms with E-state index in [1.54, 1.807) is 6.92 Å². The van der Waals surface area contributed by atoms with Gasteiger partial charge in [-0.2, -0.15) is 8.78 Å². The predicted molar refractivity (Wildman–Crippen MR) is 87.2 cm³/mol. The fourth-order valence-corrected chi connectivity index (χ4v) is 3.66. The summed E-state index contributed by atoms with van der Waals surface area (Å²) in [7, 11) is 0. The van der Waals surface area contributed by atoms with Gasteiger partial charge in [-0.15, -0.1) is 0 Å². The number of carbonyl (C=O) groups excluding carboxylic acids is 2. The van der Waals surface area contributed by atoms with Gasteiger partial charge in [0.1, 0.15) is 11.3 Å². The van der Waals surface area contributed by atoms with E-state index in [0.29, 0.717) is 18.0 Å². The van der Waals surface area contributed by atoms with Crippen molar-refractivity contribution in [1.29, 1.82) is 0 Å². The van der Waals surface area contributed by atoms with Crippen molar-refractivity contribution in [3.8, 4) is 5.75 Å². The van der Waals surface area contributed by atoms with Crippen molar-refractivity contribution in [3.63, 3.8) is 0 Å². The van der Waals surface area contributed by atoms with Crippen molar-refractivity contribution in [3.05, 3.63) is 29.8 Å². The van der Waals surface area contributed by atoms with Crippen LogP contribution in [0.15, 0.2) is 24.3 Å². The van der Waals surface area contributed by atoms with Crippen molar-refractivity contribution >= 4 is 11.9 Å². The number of halogens is 2. The molecule has 5 nitrogen and oxygen atoms in total. The Hall–Kier alpha value is -2.18. The summed E-state index contributed by atoms with van der Waals surface area (Å²) in [6.07, 6.45) is 5.55. The maximum absolute atomic E-state index is 12.9. The molecule has 1 N–H and O–H groups in total. The van der Waals surface area contributed by atoms with Gasteiger partial charge >= 0.3 is 12.6 Å². The van der Waals surface area contributed by atoms with Gasteiger partial charge in [-0.1, -0.05) is 31.4 Å². The second kappa shape index (κ2) is 6.98. The molecular weight excluding hydrogens is 330 g/mol. The largest absolute Gasteiger partial charge is 0.435 e. The second-order valence-electron chi connectivity index (χ2n) is 6.88. The standard InChI is InChI=1S/C18H22F2N2O3/c1-18(13-7-9-14(10-8-13)25-16(19)20)15(23)22(17(24)21-18)11-12-5-3-2-4-6-12/h7-10,12,16H,2-6,11H2,1H3,(H,21,24)/t18-/m0/s1. The molecule has 1 aliphatic heterocycles. The number of nitrogens with one attached hydrogen (secondary N) is 1. The van der Waals surface area contributed by atoms with Crippen LogP contribution in [0.4, 0.5) is 13.6 Å². The van der Waals surface area contributed by atoms with Crippen LogP contribution in [0.25, 0.3) is 0 Å². The number of carbonyl (C=O) groups is 2. The number of benzene rings is 1. The lowest BCUT2D eigenvalue weighted by Gasteiger charge is -2.26. The lowest BCUT2D eigenvalue weighted by molar-refractivity contribution is -0.131. The van der Waals surface area contributed by atoms with Crippen molar-refractivity contribution in [2.45, 2.75) is 51.2 Å². The van der Waals surface area contributed by atoms with Gasteiger partial charge in [-0.3, -0.25) is 9.69 Å². The summed E-state index contributed by atoms with van der Waals surface area (Å²) >= 11 is 0. The zero-order valence-electron chi connectivity index (χ0n) is 14.1. The highest BCUT2D eigenvalue weighted by Crippen LogP contribution is 2.32. The third kappa shape index (κ3) is 3.60. The number of alkyl halides is 2. The summed E-state index contributed by atoms with van der Waals surface area (Å²) in [5, 5.41) is 2.74. The minimum absolute atomic E-state index is 0.0122. The zero-order chi connectivity index (χ0) is 18.0. The molecule has 25 heavy (non-hydrogen) atoms. The summed E-state index contributed by atoms with van der Waals surface area (Å²) < 4.78 is 28.8. The zero-order valence-corrected chi connectivity index (χ0v) is 14.1. The number of imide groups is 1. The Balaban J connectivity index is 1.74. The summed E-state index contributed by atoms with van der Waals surface area (Å²) in [6.45, 7) is -0.829. The number of nitrogens with zero attached hydrogens (tertiary/aromatic N) is 1. The van der Waals surface area contributed by atoms with Gasteiger partial charge in [-0.25, -0.2) is 4.79 Å². The molecule has 1 atom stereocenters. The Kier molecular flexibility index (Phi) is 4.92. The smallest absolute Gasteiger partial charge is 0.387 e. The fourth-order valence-electron chi connectivity index (χ4n) is 3.66. The third-order valence-corrected chi connectivity index (χ3v) is 5.10. The first-order valence-corrected chi connectivity index (χ1v) is 8.59. The Morgan fingerprint density at radius 3 is 2.44 bits per heavy atom. The Morgan fingerprint density at radius 1 is 1.20 bits per heavy atom. The van der Waals surface area contributed by atoms with E-state index in [-0.39, 0.29) is 11.7 Å².